The van der Waals surface area contributed by atoms with Gasteiger partial charge < -0.3 is 4.90 Å². The van der Waals surface area contributed by atoms with Crippen molar-refractivity contribution in [3.8, 4) is 0 Å². The summed E-state index contributed by atoms with van der Waals surface area (Å²) in [6, 6.07) is 12.9. The van der Waals surface area contributed by atoms with Gasteiger partial charge in [-0.1, -0.05) is 41.6 Å². The van der Waals surface area contributed by atoms with E-state index in [1.165, 1.54) is 11.8 Å². The van der Waals surface area contributed by atoms with Crippen LogP contribution in [0.25, 0.3) is 0 Å². The second kappa shape index (κ2) is 6.72. The molecule has 0 radical (unpaired) electrons. The third kappa shape index (κ3) is 3.71. The van der Waals surface area contributed by atoms with Gasteiger partial charge in [-0.05, 0) is 31.2 Å². The van der Waals surface area contributed by atoms with E-state index in [1.54, 1.807) is 24.1 Å². The Balaban J connectivity index is 2.03. The third-order valence-electron chi connectivity index (χ3n) is 2.73. The molecule has 20 heavy (non-hydrogen) atoms. The van der Waals surface area contributed by atoms with E-state index < -0.39 is 0 Å². The van der Waals surface area contributed by atoms with E-state index >= 15 is 0 Å². The number of thioether (sulfide) groups is 1. The van der Waals surface area contributed by atoms with Crippen LogP contribution in [0.4, 0.5) is 5.69 Å². The summed E-state index contributed by atoms with van der Waals surface area (Å²) in [5.74, 6) is 0.0120. The van der Waals surface area contributed by atoms with E-state index in [4.69, 9.17) is 11.6 Å². The van der Waals surface area contributed by atoms with Crippen molar-refractivity contribution in [2.24, 2.45) is 0 Å². The Morgan fingerprint density at radius 1 is 1.20 bits per heavy atom. The van der Waals surface area contributed by atoms with Gasteiger partial charge in [0, 0.05) is 12.7 Å². The molecule has 1 unspecified atom stereocenters. The van der Waals surface area contributed by atoms with Crippen molar-refractivity contribution in [3.05, 3.63) is 47.6 Å². The summed E-state index contributed by atoms with van der Waals surface area (Å²) < 4.78 is 0. The normalized spacial score (nSPS) is 11.9. The molecule has 0 saturated carbocycles. The average Bonchev–Trinajstić information content (AvgIpc) is 2.49. The highest BCUT2D eigenvalue weighted by atomic mass is 35.5. The molecular formula is C14H14ClN3OS. The summed E-state index contributed by atoms with van der Waals surface area (Å²) in [6.45, 7) is 1.85. The molecule has 1 amide bonds. The quantitative estimate of drug-likeness (QED) is 0.813. The van der Waals surface area contributed by atoms with Crippen LogP contribution in [-0.4, -0.2) is 28.4 Å². The lowest BCUT2D eigenvalue weighted by atomic mass is 10.3. The van der Waals surface area contributed by atoms with Crippen molar-refractivity contribution in [3.63, 3.8) is 0 Å². The molecule has 0 saturated heterocycles. The molecule has 0 aliphatic rings. The Hall–Kier alpha value is -1.59. The maximum atomic E-state index is 12.3. The average molecular weight is 308 g/mol. The van der Waals surface area contributed by atoms with Crippen LogP contribution < -0.4 is 4.90 Å². The van der Waals surface area contributed by atoms with Crippen LogP contribution in [0.3, 0.4) is 0 Å². The standard InChI is InChI=1S/C14H14ClN3OS/c1-10(20-13-9-8-12(15)16-17-13)14(19)18(2)11-6-4-3-5-7-11/h3-10H,1-2H3. The number of hydrogen-bond donors (Lipinski definition) is 0. The molecule has 1 heterocycles. The van der Waals surface area contributed by atoms with Crippen molar-refractivity contribution in [1.82, 2.24) is 10.2 Å². The van der Waals surface area contributed by atoms with Crippen molar-refractivity contribution in [2.75, 3.05) is 11.9 Å². The zero-order chi connectivity index (χ0) is 14.5. The minimum Gasteiger partial charge on any atom is -0.315 e. The smallest absolute Gasteiger partial charge is 0.239 e. The van der Waals surface area contributed by atoms with E-state index in [0.717, 1.165) is 5.69 Å². The number of benzene rings is 1. The molecule has 0 aliphatic carbocycles. The monoisotopic (exact) mass is 307 g/mol. The highest BCUT2D eigenvalue weighted by molar-refractivity contribution is 8.00. The Morgan fingerprint density at radius 3 is 2.50 bits per heavy atom. The molecule has 0 aliphatic heterocycles. The van der Waals surface area contributed by atoms with Crippen molar-refractivity contribution >= 4 is 35.0 Å². The zero-order valence-corrected chi connectivity index (χ0v) is 12.7. The van der Waals surface area contributed by atoms with Crippen LogP contribution in [0.1, 0.15) is 6.92 Å². The Morgan fingerprint density at radius 2 is 1.90 bits per heavy atom. The first-order chi connectivity index (χ1) is 9.58. The molecule has 2 rings (SSSR count). The number of anilines is 1. The number of carbonyl (C=O) groups is 1. The summed E-state index contributed by atoms with van der Waals surface area (Å²) >= 11 is 7.04. The largest absolute Gasteiger partial charge is 0.315 e. The number of para-hydroxylation sites is 1. The number of aromatic nitrogens is 2. The van der Waals surface area contributed by atoms with Gasteiger partial charge in [-0.2, -0.15) is 0 Å². The Kier molecular flexibility index (Phi) is 4.98. The summed E-state index contributed by atoms with van der Waals surface area (Å²) in [6.07, 6.45) is 0. The summed E-state index contributed by atoms with van der Waals surface area (Å²) in [5, 5.41) is 8.47. The molecular weight excluding hydrogens is 294 g/mol. The third-order valence-corrected chi connectivity index (χ3v) is 3.94. The van der Waals surface area contributed by atoms with Gasteiger partial charge in [0.15, 0.2) is 5.15 Å². The van der Waals surface area contributed by atoms with Crippen LogP contribution in [0, 0.1) is 0 Å². The first-order valence-corrected chi connectivity index (χ1v) is 7.32. The van der Waals surface area contributed by atoms with Crippen molar-refractivity contribution < 1.29 is 4.79 Å². The lowest BCUT2D eigenvalue weighted by Crippen LogP contribution is -2.33. The lowest BCUT2D eigenvalue weighted by molar-refractivity contribution is -0.117. The van der Waals surface area contributed by atoms with E-state index in [0.29, 0.717) is 10.2 Å². The van der Waals surface area contributed by atoms with Crippen LogP contribution >= 0.6 is 23.4 Å². The van der Waals surface area contributed by atoms with Crippen LogP contribution in [-0.2, 0) is 4.79 Å². The number of nitrogens with zero attached hydrogens (tertiary/aromatic N) is 3. The van der Waals surface area contributed by atoms with Crippen molar-refractivity contribution in [1.29, 1.82) is 0 Å². The van der Waals surface area contributed by atoms with Gasteiger partial charge in [-0.25, -0.2) is 0 Å². The number of amides is 1. The molecule has 6 heteroatoms. The Labute approximate surface area is 127 Å². The minimum absolute atomic E-state index is 0.0120. The summed E-state index contributed by atoms with van der Waals surface area (Å²) in [7, 11) is 1.77. The maximum absolute atomic E-state index is 12.3. The molecule has 1 aromatic carbocycles. The Bertz CT molecular complexity index is 577. The summed E-state index contributed by atoms with van der Waals surface area (Å²) in [5.41, 5.74) is 0.868. The lowest BCUT2D eigenvalue weighted by Gasteiger charge is -2.20. The fraction of sp³-hybridized carbons (Fsp3) is 0.214. The van der Waals surface area contributed by atoms with E-state index in [9.17, 15) is 4.79 Å². The number of halogens is 1. The van der Waals surface area contributed by atoms with E-state index in [-0.39, 0.29) is 11.2 Å². The second-order valence-corrected chi connectivity index (χ2v) is 5.94. The topological polar surface area (TPSA) is 46.1 Å². The first kappa shape index (κ1) is 14.8. The predicted octanol–water partition coefficient (Wildman–Crippen LogP) is 3.27. The zero-order valence-electron chi connectivity index (χ0n) is 11.2. The fourth-order valence-corrected chi connectivity index (χ4v) is 2.61. The molecule has 104 valence electrons. The second-order valence-electron chi connectivity index (χ2n) is 4.19. The van der Waals surface area contributed by atoms with Crippen molar-refractivity contribution in [2.45, 2.75) is 17.2 Å². The molecule has 0 N–H and O–H groups in total. The molecule has 1 atom stereocenters. The highest BCUT2D eigenvalue weighted by Crippen LogP contribution is 2.24. The molecule has 2 aromatic rings. The maximum Gasteiger partial charge on any atom is 0.239 e. The van der Waals surface area contributed by atoms with Gasteiger partial charge >= 0.3 is 0 Å². The fourth-order valence-electron chi connectivity index (χ4n) is 1.65. The SMILES string of the molecule is CC(Sc1ccc(Cl)nn1)C(=O)N(C)c1ccccc1. The molecule has 1 aromatic heterocycles. The van der Waals surface area contributed by atoms with E-state index in [2.05, 4.69) is 10.2 Å². The van der Waals surface area contributed by atoms with Gasteiger partial charge in [0.25, 0.3) is 0 Å². The van der Waals surface area contributed by atoms with Gasteiger partial charge in [0.1, 0.15) is 5.03 Å². The van der Waals surface area contributed by atoms with Crippen LogP contribution in [0.2, 0.25) is 5.15 Å². The highest BCUT2D eigenvalue weighted by Gasteiger charge is 2.20. The minimum atomic E-state index is -0.254. The first-order valence-electron chi connectivity index (χ1n) is 6.06. The molecule has 0 spiro atoms. The van der Waals surface area contributed by atoms with Gasteiger partial charge in [0.05, 0.1) is 5.25 Å². The van der Waals surface area contributed by atoms with Gasteiger partial charge in [0.2, 0.25) is 5.91 Å². The number of hydrogen-bond acceptors (Lipinski definition) is 4. The van der Waals surface area contributed by atoms with E-state index in [1.807, 2.05) is 37.3 Å². The van der Waals surface area contributed by atoms with Gasteiger partial charge in [-0.15, -0.1) is 10.2 Å². The number of carbonyl (C=O) groups excluding carboxylic acids is 1. The molecule has 0 bridgehead atoms. The van der Waals surface area contributed by atoms with Gasteiger partial charge in [-0.3, -0.25) is 4.79 Å². The van der Waals surface area contributed by atoms with Crippen LogP contribution in [0.15, 0.2) is 47.5 Å². The van der Waals surface area contributed by atoms with Crippen LogP contribution in [0.5, 0.6) is 0 Å². The number of rotatable bonds is 4. The molecule has 0 fully saturated rings. The molecule has 4 nitrogen and oxygen atoms in total. The predicted molar refractivity (Wildman–Crippen MR) is 82.2 cm³/mol. The summed E-state index contributed by atoms with van der Waals surface area (Å²) in [4.78, 5) is 14.0.